The summed E-state index contributed by atoms with van der Waals surface area (Å²) in [6.45, 7) is 0.519. The summed E-state index contributed by atoms with van der Waals surface area (Å²) >= 11 is -1.55. The first-order valence-electron chi connectivity index (χ1n) is 13.6. The van der Waals surface area contributed by atoms with Gasteiger partial charge in [0.1, 0.15) is 23.6 Å². The Morgan fingerprint density at radius 2 is 1.51 bits per heavy atom. The van der Waals surface area contributed by atoms with E-state index in [1.807, 2.05) is 65.6 Å². The van der Waals surface area contributed by atoms with E-state index >= 15 is 0 Å². The smallest absolute Gasteiger partial charge is 0.419 e. The molecule has 0 aromatic heterocycles. The molecule has 1 N–H and O–H groups in total. The van der Waals surface area contributed by atoms with Gasteiger partial charge in [0.05, 0.1) is 24.3 Å². The van der Waals surface area contributed by atoms with Crippen LogP contribution in [0.4, 0.5) is 22.0 Å². The van der Waals surface area contributed by atoms with Gasteiger partial charge in [-0.25, -0.2) is 8.78 Å². The van der Waals surface area contributed by atoms with E-state index in [9.17, 15) is 31.6 Å². The Balaban J connectivity index is 1.56. The van der Waals surface area contributed by atoms with E-state index in [0.29, 0.717) is 25.1 Å². The Morgan fingerprint density at radius 1 is 0.884 bits per heavy atom. The Labute approximate surface area is 250 Å². The van der Waals surface area contributed by atoms with Crippen LogP contribution in [0.25, 0.3) is 0 Å². The van der Waals surface area contributed by atoms with Crippen molar-refractivity contribution in [3.05, 3.63) is 130 Å². The first kappa shape index (κ1) is 32.5. The fourth-order valence-electron chi connectivity index (χ4n) is 4.97. The molecule has 1 atom stereocenters. The number of aliphatic hydroxyl groups excluding tert-OH is 1. The third-order valence-electron chi connectivity index (χ3n) is 7.07. The molecule has 10 heteroatoms. The number of nitrogens with zero attached hydrogens (tertiary/aromatic N) is 1. The summed E-state index contributed by atoms with van der Waals surface area (Å²) in [5, 5.41) is 9.44. The van der Waals surface area contributed by atoms with Gasteiger partial charge in [-0.15, -0.1) is 0 Å². The number of ether oxygens (including phenoxy) is 1. The maximum atomic E-state index is 14.5. The van der Waals surface area contributed by atoms with Crippen LogP contribution in [0.2, 0.25) is 0 Å². The summed E-state index contributed by atoms with van der Waals surface area (Å²) in [4.78, 5) is 2.13. The van der Waals surface area contributed by atoms with Gasteiger partial charge in [-0.05, 0) is 46.4 Å². The molecule has 43 heavy (non-hydrogen) atoms. The van der Waals surface area contributed by atoms with Crippen molar-refractivity contribution in [3.8, 4) is 5.75 Å². The average molecular weight is 618 g/mol. The number of hydrogen-bond acceptors (Lipinski definition) is 4. The summed E-state index contributed by atoms with van der Waals surface area (Å²) in [7, 11) is 0. The molecule has 0 fully saturated rings. The van der Waals surface area contributed by atoms with E-state index in [-0.39, 0.29) is 35.3 Å². The second-order valence-electron chi connectivity index (χ2n) is 10.1. The molecular weight excluding hydrogens is 585 g/mol. The van der Waals surface area contributed by atoms with Gasteiger partial charge >= 0.3 is 6.18 Å². The van der Waals surface area contributed by atoms with Crippen LogP contribution in [-0.2, 0) is 30.5 Å². The van der Waals surface area contributed by atoms with E-state index in [2.05, 4.69) is 0 Å². The van der Waals surface area contributed by atoms with Crippen molar-refractivity contribution in [1.82, 2.24) is 4.90 Å². The van der Waals surface area contributed by atoms with Crippen molar-refractivity contribution in [2.75, 3.05) is 26.0 Å². The monoisotopic (exact) mass is 617 g/mol. The molecule has 228 valence electrons. The van der Waals surface area contributed by atoms with Crippen molar-refractivity contribution in [1.29, 1.82) is 0 Å². The van der Waals surface area contributed by atoms with Crippen molar-refractivity contribution in [3.63, 3.8) is 0 Å². The summed E-state index contributed by atoms with van der Waals surface area (Å²) < 4.78 is 86.6. The lowest BCUT2D eigenvalue weighted by Crippen LogP contribution is -2.31. The summed E-state index contributed by atoms with van der Waals surface area (Å²) in [5.74, 6) is -1.99. The van der Waals surface area contributed by atoms with Gasteiger partial charge in [0.25, 0.3) is 0 Å². The second kappa shape index (κ2) is 14.8. The quantitative estimate of drug-likeness (QED) is 0.0971. The fraction of sp³-hybridized carbons (Fsp3) is 0.273. The van der Waals surface area contributed by atoms with Gasteiger partial charge in [0.2, 0.25) is 0 Å². The molecule has 0 aliphatic heterocycles. The molecule has 0 amide bonds. The van der Waals surface area contributed by atoms with E-state index in [1.54, 1.807) is 0 Å². The minimum Gasteiger partial charge on any atom is -0.612 e. The number of halogens is 5. The zero-order valence-corrected chi connectivity index (χ0v) is 24.3. The van der Waals surface area contributed by atoms with Crippen LogP contribution < -0.4 is 4.74 Å². The lowest BCUT2D eigenvalue weighted by Gasteiger charge is -2.29. The zero-order valence-electron chi connectivity index (χ0n) is 23.5. The molecule has 0 spiro atoms. The number of aliphatic hydroxyl groups is 1. The molecule has 0 saturated carbocycles. The maximum absolute atomic E-state index is 14.5. The van der Waals surface area contributed by atoms with Crippen molar-refractivity contribution < 1.29 is 36.3 Å². The van der Waals surface area contributed by atoms with E-state index in [4.69, 9.17) is 4.74 Å². The minimum atomic E-state index is -4.82. The topological polar surface area (TPSA) is 55.8 Å². The lowest BCUT2D eigenvalue weighted by atomic mass is 9.90. The van der Waals surface area contributed by atoms with Crippen LogP contribution in [0.3, 0.4) is 0 Å². The molecule has 0 heterocycles. The third-order valence-corrected chi connectivity index (χ3v) is 8.05. The van der Waals surface area contributed by atoms with E-state index in [1.165, 1.54) is 18.4 Å². The van der Waals surface area contributed by atoms with Gasteiger partial charge < -0.3 is 14.4 Å². The highest BCUT2D eigenvalue weighted by Crippen LogP contribution is 2.33. The Kier molecular flexibility index (Phi) is 11.2. The van der Waals surface area contributed by atoms with Crippen molar-refractivity contribution in [2.45, 2.75) is 36.6 Å². The molecule has 0 saturated heterocycles. The first-order chi connectivity index (χ1) is 20.6. The highest BCUT2D eigenvalue weighted by Gasteiger charge is 2.34. The minimum absolute atomic E-state index is 0.0512. The molecule has 0 radical (unpaired) electrons. The Hall–Kier alpha value is -3.44. The van der Waals surface area contributed by atoms with Crippen molar-refractivity contribution >= 4 is 11.2 Å². The Bertz CT molecular complexity index is 1430. The van der Waals surface area contributed by atoms with Crippen molar-refractivity contribution in [2.24, 2.45) is 0 Å². The normalized spacial score (nSPS) is 12.6. The van der Waals surface area contributed by atoms with Crippen LogP contribution in [0.15, 0.2) is 95.9 Å². The van der Waals surface area contributed by atoms with E-state index in [0.717, 1.165) is 29.3 Å². The molecule has 4 rings (SSSR count). The molecule has 1 unspecified atom stereocenters. The van der Waals surface area contributed by atoms with Crippen LogP contribution in [-0.4, -0.2) is 40.5 Å². The van der Waals surface area contributed by atoms with Gasteiger partial charge in [-0.1, -0.05) is 66.7 Å². The van der Waals surface area contributed by atoms with Gasteiger partial charge in [0.15, 0.2) is 4.90 Å². The summed E-state index contributed by atoms with van der Waals surface area (Å²) in [6.07, 6.45) is -3.01. The molecule has 0 aliphatic carbocycles. The molecular formula is C33H32F5NO3S. The molecule has 4 aromatic rings. The number of rotatable bonds is 13. The molecule has 0 aliphatic rings. The van der Waals surface area contributed by atoms with Crippen LogP contribution >= 0.6 is 0 Å². The highest BCUT2D eigenvalue weighted by molar-refractivity contribution is 7.90. The standard InChI is InChI=1S/C33H32F5NO3S/c1-43(41)32-19-26(18-31(35)28(32)22-40)42-16-8-15-39(20-23-13-14-30(34)29(17-23)33(36,37)38)21-27(24-9-4-2-5-10-24)25-11-6-3-7-12-25/h2-7,9-14,17-19,27,40H,8,15-16,20-22H2,1H3. The number of benzene rings is 4. The Morgan fingerprint density at radius 3 is 2.07 bits per heavy atom. The molecule has 0 bridgehead atoms. The second-order valence-corrected chi connectivity index (χ2v) is 11.5. The maximum Gasteiger partial charge on any atom is 0.419 e. The number of alkyl halides is 3. The van der Waals surface area contributed by atoms with Crippen LogP contribution in [0, 0.1) is 11.6 Å². The van der Waals surface area contributed by atoms with Crippen LogP contribution in [0.5, 0.6) is 5.75 Å². The predicted octanol–water partition coefficient (Wildman–Crippen LogP) is 7.32. The molecule has 4 aromatic carbocycles. The largest absolute Gasteiger partial charge is 0.612 e. The average Bonchev–Trinajstić information content (AvgIpc) is 2.98. The van der Waals surface area contributed by atoms with E-state index < -0.39 is 41.2 Å². The SMILES string of the molecule is C[S+]([O-])c1cc(OCCCN(Cc2ccc(F)c(C(F)(F)F)c2)CC(c2ccccc2)c2ccccc2)cc(F)c1CO. The first-order valence-corrected chi connectivity index (χ1v) is 15.2. The van der Waals surface area contributed by atoms with Gasteiger partial charge in [-0.3, -0.25) is 4.90 Å². The number of hydrogen-bond donors (Lipinski definition) is 1. The van der Waals surface area contributed by atoms with Gasteiger partial charge in [0, 0.05) is 37.7 Å². The molecule has 4 nitrogen and oxygen atoms in total. The van der Waals surface area contributed by atoms with Crippen LogP contribution in [0.1, 0.15) is 40.2 Å². The van der Waals surface area contributed by atoms with Gasteiger partial charge in [-0.2, -0.15) is 13.2 Å². The zero-order chi connectivity index (χ0) is 31.0. The predicted molar refractivity (Wildman–Crippen MR) is 156 cm³/mol. The third kappa shape index (κ3) is 8.79. The lowest BCUT2D eigenvalue weighted by molar-refractivity contribution is -0.140. The highest BCUT2D eigenvalue weighted by atomic mass is 32.2. The fourth-order valence-corrected chi connectivity index (χ4v) is 5.76. The summed E-state index contributed by atoms with van der Waals surface area (Å²) in [6, 6.07) is 25.1. The summed E-state index contributed by atoms with van der Waals surface area (Å²) in [5.41, 5.74) is 1.01.